The Balaban J connectivity index is 1.25. The van der Waals surface area contributed by atoms with E-state index in [2.05, 4.69) is 17.2 Å². The van der Waals surface area contributed by atoms with Gasteiger partial charge in [0.2, 0.25) is 21.8 Å². The zero-order chi connectivity index (χ0) is 35.1. The highest BCUT2D eigenvalue weighted by molar-refractivity contribution is 7.91. The summed E-state index contributed by atoms with van der Waals surface area (Å²) in [5, 5.41) is 4.13. The zero-order valence-corrected chi connectivity index (χ0v) is 27.7. The maximum Gasteiger partial charge on any atom is 0.412 e. The molecule has 3 N–H and O–H groups in total. The molecule has 1 unspecified atom stereocenters. The summed E-state index contributed by atoms with van der Waals surface area (Å²) in [4.78, 5) is 56.3. The van der Waals surface area contributed by atoms with E-state index in [0.29, 0.717) is 32.1 Å². The van der Waals surface area contributed by atoms with Crippen LogP contribution in [-0.4, -0.2) is 90.3 Å². The van der Waals surface area contributed by atoms with Gasteiger partial charge in [0.25, 0.3) is 5.91 Å². The first-order chi connectivity index (χ1) is 23.2. The minimum absolute atomic E-state index is 0.00671. The Morgan fingerprint density at radius 1 is 1.12 bits per heavy atom. The Hall–Kier alpha value is -3.92. The SMILES string of the molecule is C=C[C@H]1C[C@]1(NC(=O)[C@@H]1C[C@@H]2CN1C(=O)C(C(F)(F)F)NCCCCC/C=C/c1cccc3c1CN(C3)C(=O)O2)C(=O)NS(=O)(=O)C1CC1. The Labute approximate surface area is 282 Å². The minimum atomic E-state index is -5.00. The van der Waals surface area contributed by atoms with Gasteiger partial charge in [0.15, 0.2) is 6.04 Å². The Morgan fingerprint density at radius 3 is 2.59 bits per heavy atom. The van der Waals surface area contributed by atoms with Gasteiger partial charge in [-0.2, -0.15) is 13.2 Å². The molecule has 3 fully saturated rings. The van der Waals surface area contributed by atoms with Gasteiger partial charge < -0.3 is 15.0 Å². The van der Waals surface area contributed by atoms with E-state index in [-0.39, 0.29) is 32.5 Å². The van der Waals surface area contributed by atoms with E-state index in [4.69, 9.17) is 4.74 Å². The van der Waals surface area contributed by atoms with Crippen molar-refractivity contribution < 1.29 is 45.5 Å². The number of amides is 4. The summed E-state index contributed by atoms with van der Waals surface area (Å²) in [7, 11) is -3.98. The molecule has 3 heterocycles. The van der Waals surface area contributed by atoms with Gasteiger partial charge in [-0.25, -0.2) is 13.2 Å². The fraction of sp³-hybridized carbons (Fsp3) is 0.576. The number of benzene rings is 1. The molecule has 49 heavy (non-hydrogen) atoms. The first kappa shape index (κ1) is 34.9. The van der Waals surface area contributed by atoms with E-state index in [1.54, 1.807) is 0 Å². The zero-order valence-electron chi connectivity index (χ0n) is 26.8. The van der Waals surface area contributed by atoms with Crippen molar-refractivity contribution in [2.45, 2.75) is 99.6 Å². The van der Waals surface area contributed by atoms with E-state index in [9.17, 15) is 40.8 Å². The third kappa shape index (κ3) is 7.35. The van der Waals surface area contributed by atoms with Crippen molar-refractivity contribution in [3.63, 3.8) is 0 Å². The molecule has 3 aliphatic heterocycles. The van der Waals surface area contributed by atoms with Crippen molar-refractivity contribution in [2.75, 3.05) is 13.1 Å². The Bertz CT molecular complexity index is 1660. The minimum Gasteiger partial charge on any atom is -0.444 e. The maximum atomic E-state index is 14.3. The molecule has 1 aromatic rings. The van der Waals surface area contributed by atoms with Crippen molar-refractivity contribution in [1.82, 2.24) is 25.2 Å². The second kappa shape index (κ2) is 13.4. The van der Waals surface area contributed by atoms with Crippen LogP contribution in [-0.2, 0) is 42.2 Å². The largest absolute Gasteiger partial charge is 0.444 e. The average Bonchev–Trinajstić information content (AvgIpc) is 3.93. The Morgan fingerprint density at radius 2 is 1.90 bits per heavy atom. The van der Waals surface area contributed by atoms with Crippen LogP contribution in [0.1, 0.15) is 68.1 Å². The van der Waals surface area contributed by atoms with Gasteiger partial charge in [0, 0.05) is 18.9 Å². The molecule has 266 valence electrons. The standard InChI is InChI=1S/C33H40F3N5O7S/c1-2-22-16-32(22,30(44)39-49(46,47)24-12-13-24)38-28(42)26-15-23-18-41(26)29(43)27(33(34,35)36)37-14-7-5-3-4-6-9-20-10-8-11-21-17-40(19-25(20)21)31(45)48-23/h2,6,8-11,22-24,26-27,37H,1,3-5,7,12-19H2,(H,38,42)(H,39,44)/b9-6+/t22-,23+,26-,27?,32+/m0/s1. The van der Waals surface area contributed by atoms with Crippen molar-refractivity contribution in [3.8, 4) is 0 Å². The molecule has 5 atom stereocenters. The van der Waals surface area contributed by atoms with Crippen LogP contribution in [0.15, 0.2) is 36.9 Å². The number of nitrogens with zero attached hydrogens (tertiary/aromatic N) is 2. The van der Waals surface area contributed by atoms with Gasteiger partial charge in [-0.1, -0.05) is 42.8 Å². The number of carbonyl (C=O) groups excluding carboxylic acids is 4. The fourth-order valence-corrected chi connectivity index (χ4v) is 8.24. The first-order valence-electron chi connectivity index (χ1n) is 16.6. The monoisotopic (exact) mass is 707 g/mol. The van der Waals surface area contributed by atoms with E-state index in [1.807, 2.05) is 35.1 Å². The number of ether oxygens (including phenoxy) is 1. The summed E-state index contributed by atoms with van der Waals surface area (Å²) in [6.07, 6.45) is 1.31. The maximum absolute atomic E-state index is 14.3. The molecular formula is C33H40F3N5O7S. The topological polar surface area (TPSA) is 154 Å². The highest BCUT2D eigenvalue weighted by atomic mass is 32.2. The highest BCUT2D eigenvalue weighted by Gasteiger charge is 2.62. The number of nitrogens with one attached hydrogen (secondary N) is 3. The molecule has 4 bridgehead atoms. The molecule has 1 aromatic carbocycles. The van der Waals surface area contributed by atoms with Gasteiger partial charge in [0.1, 0.15) is 17.7 Å². The lowest BCUT2D eigenvalue weighted by atomic mass is 10.0. The number of fused-ring (bicyclic) bond motifs is 3. The third-order valence-corrected chi connectivity index (χ3v) is 11.7. The van der Waals surface area contributed by atoms with Crippen LogP contribution in [0.25, 0.3) is 6.08 Å². The molecule has 12 nitrogen and oxygen atoms in total. The summed E-state index contributed by atoms with van der Waals surface area (Å²) in [6.45, 7) is 3.55. The molecule has 1 saturated heterocycles. The van der Waals surface area contributed by atoms with E-state index in [0.717, 1.165) is 28.0 Å². The van der Waals surface area contributed by atoms with Crippen molar-refractivity contribution >= 4 is 39.9 Å². The van der Waals surface area contributed by atoms with Crippen molar-refractivity contribution in [1.29, 1.82) is 0 Å². The molecule has 16 heteroatoms. The lowest BCUT2D eigenvalue weighted by molar-refractivity contribution is -0.177. The van der Waals surface area contributed by atoms with Crippen LogP contribution in [0.3, 0.4) is 0 Å². The summed E-state index contributed by atoms with van der Waals surface area (Å²) in [5.41, 5.74) is 1.13. The van der Waals surface area contributed by atoms with Gasteiger partial charge in [0.05, 0.1) is 18.3 Å². The predicted molar refractivity (Wildman–Crippen MR) is 171 cm³/mol. The van der Waals surface area contributed by atoms with Crippen molar-refractivity contribution in [2.24, 2.45) is 5.92 Å². The number of rotatable bonds is 6. The number of hydrogen-bond donors (Lipinski definition) is 3. The van der Waals surface area contributed by atoms with Crippen LogP contribution >= 0.6 is 0 Å². The molecule has 2 saturated carbocycles. The molecule has 4 amide bonds. The second-order valence-electron chi connectivity index (χ2n) is 13.5. The van der Waals surface area contributed by atoms with Gasteiger partial charge in [-0.15, -0.1) is 6.58 Å². The second-order valence-corrected chi connectivity index (χ2v) is 15.4. The normalized spacial score (nSPS) is 30.0. The van der Waals surface area contributed by atoms with E-state index in [1.165, 1.54) is 11.0 Å². The smallest absolute Gasteiger partial charge is 0.412 e. The van der Waals surface area contributed by atoms with Crippen LogP contribution in [0.4, 0.5) is 18.0 Å². The lowest BCUT2D eigenvalue weighted by Gasteiger charge is -2.30. The van der Waals surface area contributed by atoms with Gasteiger partial charge in [-0.3, -0.25) is 29.3 Å². The lowest BCUT2D eigenvalue weighted by Crippen LogP contribution is -2.60. The van der Waals surface area contributed by atoms with Crippen molar-refractivity contribution in [3.05, 3.63) is 53.6 Å². The predicted octanol–water partition coefficient (Wildman–Crippen LogP) is 2.89. The molecular weight excluding hydrogens is 667 g/mol. The number of hydrogen-bond acceptors (Lipinski definition) is 8. The number of sulfonamides is 1. The summed E-state index contributed by atoms with van der Waals surface area (Å²) in [5.74, 6) is -4.03. The van der Waals surface area contributed by atoms with Gasteiger partial charge in [-0.05, 0) is 61.8 Å². The van der Waals surface area contributed by atoms with Crippen LogP contribution in [0.2, 0.25) is 0 Å². The third-order valence-electron chi connectivity index (χ3n) is 9.91. The van der Waals surface area contributed by atoms with Gasteiger partial charge >= 0.3 is 12.3 Å². The molecule has 6 rings (SSSR count). The summed E-state index contributed by atoms with van der Waals surface area (Å²) < 4.78 is 75.8. The fourth-order valence-electron chi connectivity index (χ4n) is 6.87. The quantitative estimate of drug-likeness (QED) is 0.382. The number of halogens is 3. The molecule has 2 aliphatic carbocycles. The number of carbonyl (C=O) groups is 4. The van der Waals surface area contributed by atoms with E-state index < -0.39 is 81.5 Å². The van der Waals surface area contributed by atoms with E-state index >= 15 is 0 Å². The molecule has 5 aliphatic rings. The molecule has 0 radical (unpaired) electrons. The Kier molecular flexibility index (Phi) is 9.56. The van der Waals surface area contributed by atoms with Crippen LogP contribution in [0, 0.1) is 5.92 Å². The van der Waals surface area contributed by atoms with Crippen LogP contribution < -0.4 is 15.4 Å². The van der Waals surface area contributed by atoms with Crippen LogP contribution in [0.5, 0.6) is 0 Å². The first-order valence-corrected chi connectivity index (χ1v) is 18.1. The summed E-state index contributed by atoms with van der Waals surface area (Å²) in [6, 6.07) is 1.57. The summed E-state index contributed by atoms with van der Waals surface area (Å²) >= 11 is 0. The number of allylic oxidation sites excluding steroid dienone is 1. The molecule has 0 aromatic heterocycles. The molecule has 0 spiro atoms. The number of alkyl halides is 3. The average molecular weight is 708 g/mol. The highest BCUT2D eigenvalue weighted by Crippen LogP contribution is 2.45.